The lowest BCUT2D eigenvalue weighted by Crippen LogP contribution is -2.69. The number of rotatable bonds is 4. The van der Waals surface area contributed by atoms with E-state index >= 15 is 0 Å². The quantitative estimate of drug-likeness (QED) is 0.860. The van der Waals surface area contributed by atoms with E-state index < -0.39 is 5.54 Å². The van der Waals surface area contributed by atoms with Crippen LogP contribution in [0.5, 0.6) is 0 Å². The fourth-order valence-corrected chi connectivity index (χ4v) is 3.31. The molecule has 19 heavy (non-hydrogen) atoms. The zero-order valence-electron chi connectivity index (χ0n) is 11.3. The standard InChI is InChI=1S/C14H21ClN2O2/c1-2-6-11-12(18)17(10-5-9-15)14(13(19)16-11)7-3-4-8-14/h5,9,11H,2-4,6-8,10H2,1H3,(H,16,19)/b9-5+. The van der Waals surface area contributed by atoms with Crippen LogP contribution in [-0.4, -0.2) is 34.8 Å². The van der Waals surface area contributed by atoms with Gasteiger partial charge in [-0.25, -0.2) is 0 Å². The Balaban J connectivity index is 2.27. The molecule has 2 fully saturated rings. The van der Waals surface area contributed by atoms with Gasteiger partial charge in [0.25, 0.3) is 0 Å². The van der Waals surface area contributed by atoms with Crippen molar-refractivity contribution in [3.8, 4) is 0 Å². The first-order valence-corrected chi connectivity index (χ1v) is 7.47. The predicted molar refractivity (Wildman–Crippen MR) is 74.7 cm³/mol. The number of carbonyl (C=O) groups excluding carboxylic acids is 2. The van der Waals surface area contributed by atoms with E-state index in [1.54, 1.807) is 11.0 Å². The molecule has 1 N–H and O–H groups in total. The lowest BCUT2D eigenvalue weighted by Gasteiger charge is -2.46. The van der Waals surface area contributed by atoms with Crippen molar-refractivity contribution in [1.82, 2.24) is 10.2 Å². The fourth-order valence-electron chi connectivity index (χ4n) is 3.23. The molecule has 0 radical (unpaired) electrons. The topological polar surface area (TPSA) is 49.4 Å². The van der Waals surface area contributed by atoms with Gasteiger partial charge in [0, 0.05) is 12.1 Å². The molecule has 0 aromatic heterocycles. The summed E-state index contributed by atoms with van der Waals surface area (Å²) in [4.78, 5) is 26.8. The Morgan fingerprint density at radius 3 is 2.68 bits per heavy atom. The summed E-state index contributed by atoms with van der Waals surface area (Å²) in [5.41, 5.74) is 0.787. The first-order valence-electron chi connectivity index (χ1n) is 7.03. The van der Waals surface area contributed by atoms with Gasteiger partial charge in [-0.1, -0.05) is 43.9 Å². The molecule has 106 valence electrons. The molecule has 0 bridgehead atoms. The maximum absolute atomic E-state index is 12.6. The summed E-state index contributed by atoms with van der Waals surface area (Å²) in [5, 5.41) is 2.92. The number of nitrogens with one attached hydrogen (secondary N) is 1. The summed E-state index contributed by atoms with van der Waals surface area (Å²) < 4.78 is 0. The molecule has 1 spiro atoms. The molecule has 1 unspecified atom stereocenters. The Hall–Kier alpha value is -1.03. The molecule has 0 aromatic carbocycles. The Morgan fingerprint density at radius 1 is 1.42 bits per heavy atom. The number of amides is 2. The molecule has 1 saturated carbocycles. The molecule has 1 saturated heterocycles. The highest BCUT2D eigenvalue weighted by Gasteiger charge is 2.52. The first kappa shape index (κ1) is 14.4. The van der Waals surface area contributed by atoms with Gasteiger partial charge in [-0.3, -0.25) is 9.59 Å². The van der Waals surface area contributed by atoms with Crippen LogP contribution in [0.1, 0.15) is 45.4 Å². The number of hydrogen-bond donors (Lipinski definition) is 1. The van der Waals surface area contributed by atoms with Gasteiger partial charge in [-0.2, -0.15) is 0 Å². The van der Waals surface area contributed by atoms with Crippen molar-refractivity contribution in [2.45, 2.75) is 57.0 Å². The molecule has 2 amide bonds. The van der Waals surface area contributed by atoms with Gasteiger partial charge in [-0.15, -0.1) is 0 Å². The van der Waals surface area contributed by atoms with Gasteiger partial charge in [0.2, 0.25) is 11.8 Å². The average molecular weight is 285 g/mol. The summed E-state index contributed by atoms with van der Waals surface area (Å²) in [6.07, 6.45) is 6.84. The molecule has 1 atom stereocenters. The van der Waals surface area contributed by atoms with Crippen molar-refractivity contribution in [2.75, 3.05) is 6.54 Å². The van der Waals surface area contributed by atoms with Crippen LogP contribution in [0.4, 0.5) is 0 Å². The molecule has 1 aliphatic heterocycles. The van der Waals surface area contributed by atoms with Gasteiger partial charge in [0.15, 0.2) is 0 Å². The minimum atomic E-state index is -0.627. The third kappa shape index (κ3) is 2.50. The first-order chi connectivity index (χ1) is 9.15. The van der Waals surface area contributed by atoms with E-state index in [9.17, 15) is 9.59 Å². The molecule has 4 nitrogen and oxygen atoms in total. The molecule has 1 aliphatic carbocycles. The summed E-state index contributed by atoms with van der Waals surface area (Å²) in [6.45, 7) is 2.44. The fraction of sp³-hybridized carbons (Fsp3) is 0.714. The van der Waals surface area contributed by atoms with Crippen molar-refractivity contribution in [1.29, 1.82) is 0 Å². The molecular weight excluding hydrogens is 264 g/mol. The van der Waals surface area contributed by atoms with Crippen molar-refractivity contribution in [3.63, 3.8) is 0 Å². The van der Waals surface area contributed by atoms with Crippen LogP contribution in [0.2, 0.25) is 0 Å². The average Bonchev–Trinajstić information content (AvgIpc) is 2.87. The molecule has 2 rings (SSSR count). The number of nitrogens with zero attached hydrogens (tertiary/aromatic N) is 1. The summed E-state index contributed by atoms with van der Waals surface area (Å²) in [5.74, 6) is 0.0594. The minimum absolute atomic E-state index is 0.0195. The lowest BCUT2D eigenvalue weighted by molar-refractivity contribution is -0.156. The maximum Gasteiger partial charge on any atom is 0.246 e. The van der Waals surface area contributed by atoms with Gasteiger partial charge in [0.05, 0.1) is 0 Å². The van der Waals surface area contributed by atoms with Gasteiger partial charge >= 0.3 is 0 Å². The molecule has 2 aliphatic rings. The summed E-state index contributed by atoms with van der Waals surface area (Å²) in [6, 6.07) is -0.368. The van der Waals surface area contributed by atoms with Crippen LogP contribution >= 0.6 is 11.6 Å². The smallest absolute Gasteiger partial charge is 0.246 e. The second kappa shape index (κ2) is 5.95. The van der Waals surface area contributed by atoms with Gasteiger partial charge in [0.1, 0.15) is 11.6 Å². The summed E-state index contributed by atoms with van der Waals surface area (Å²) in [7, 11) is 0. The van der Waals surface area contributed by atoms with Crippen LogP contribution in [0, 0.1) is 0 Å². The van der Waals surface area contributed by atoms with E-state index in [1.807, 2.05) is 6.92 Å². The third-order valence-electron chi connectivity index (χ3n) is 4.19. The zero-order chi connectivity index (χ0) is 13.9. The monoisotopic (exact) mass is 284 g/mol. The van der Waals surface area contributed by atoms with Gasteiger partial charge < -0.3 is 10.2 Å². The van der Waals surface area contributed by atoms with Crippen LogP contribution in [-0.2, 0) is 9.59 Å². The van der Waals surface area contributed by atoms with Crippen LogP contribution in [0.25, 0.3) is 0 Å². The summed E-state index contributed by atoms with van der Waals surface area (Å²) >= 11 is 5.58. The maximum atomic E-state index is 12.6. The predicted octanol–water partition coefficient (Wildman–Crippen LogP) is 2.18. The highest BCUT2D eigenvalue weighted by molar-refractivity contribution is 6.25. The van der Waals surface area contributed by atoms with E-state index in [2.05, 4.69) is 5.32 Å². The second-order valence-electron chi connectivity index (χ2n) is 5.36. The molecule has 5 heteroatoms. The Kier molecular flexibility index (Phi) is 4.50. The van der Waals surface area contributed by atoms with Crippen molar-refractivity contribution < 1.29 is 9.59 Å². The lowest BCUT2D eigenvalue weighted by atomic mass is 9.88. The number of halogens is 1. The van der Waals surface area contributed by atoms with E-state index in [1.165, 1.54) is 5.54 Å². The molecule has 1 heterocycles. The zero-order valence-corrected chi connectivity index (χ0v) is 12.1. The number of carbonyl (C=O) groups is 2. The Bertz CT molecular complexity index is 389. The minimum Gasteiger partial charge on any atom is -0.342 e. The largest absolute Gasteiger partial charge is 0.342 e. The van der Waals surface area contributed by atoms with E-state index in [4.69, 9.17) is 11.6 Å². The van der Waals surface area contributed by atoms with Crippen molar-refractivity contribution >= 4 is 23.4 Å². The highest BCUT2D eigenvalue weighted by Crippen LogP contribution is 2.38. The van der Waals surface area contributed by atoms with Crippen molar-refractivity contribution in [3.05, 3.63) is 11.6 Å². The number of hydrogen-bond acceptors (Lipinski definition) is 2. The third-order valence-corrected chi connectivity index (χ3v) is 4.37. The molecule has 0 aromatic rings. The van der Waals surface area contributed by atoms with Crippen LogP contribution in [0.15, 0.2) is 11.6 Å². The number of piperazine rings is 1. The van der Waals surface area contributed by atoms with Crippen molar-refractivity contribution in [2.24, 2.45) is 0 Å². The Labute approximate surface area is 119 Å². The SMILES string of the molecule is CCCC1NC(=O)C2(CCCC2)N(C/C=C/Cl)C1=O. The van der Waals surface area contributed by atoms with E-state index in [-0.39, 0.29) is 17.9 Å². The normalized spacial score (nSPS) is 26.4. The van der Waals surface area contributed by atoms with E-state index in [0.29, 0.717) is 13.0 Å². The van der Waals surface area contributed by atoms with E-state index in [0.717, 1.165) is 32.1 Å². The Morgan fingerprint density at radius 2 is 2.11 bits per heavy atom. The molecular formula is C14H21ClN2O2. The van der Waals surface area contributed by atoms with Crippen LogP contribution < -0.4 is 5.32 Å². The second-order valence-corrected chi connectivity index (χ2v) is 5.62. The van der Waals surface area contributed by atoms with Crippen LogP contribution in [0.3, 0.4) is 0 Å². The van der Waals surface area contributed by atoms with Gasteiger partial charge in [-0.05, 0) is 19.3 Å². The highest BCUT2D eigenvalue weighted by atomic mass is 35.5.